The Morgan fingerprint density at radius 2 is 2.24 bits per heavy atom. The molecule has 2 aromatic rings. The molecule has 5 nitrogen and oxygen atoms in total. The Morgan fingerprint density at radius 1 is 1.41 bits per heavy atom. The van der Waals surface area contributed by atoms with Crippen LogP contribution >= 0.6 is 0 Å². The molecule has 3 N–H and O–H groups in total. The van der Waals surface area contributed by atoms with Crippen molar-refractivity contribution in [3.05, 3.63) is 47.9 Å². The van der Waals surface area contributed by atoms with E-state index in [0.29, 0.717) is 17.2 Å². The normalized spacial score (nSPS) is 10.1. The number of hydrogen-bond donors (Lipinski definition) is 2. The monoisotopic (exact) mass is 233 g/mol. The third-order valence-corrected chi connectivity index (χ3v) is 2.21. The van der Waals surface area contributed by atoms with Crippen molar-refractivity contribution in [2.75, 3.05) is 5.73 Å². The van der Waals surface area contributed by atoms with Crippen molar-refractivity contribution in [1.82, 2.24) is 0 Å². The summed E-state index contributed by atoms with van der Waals surface area (Å²) in [5.74, 6) is -0.0423. The molecule has 0 amide bonds. The van der Waals surface area contributed by atoms with Crippen LogP contribution in [0.1, 0.15) is 16.1 Å². The van der Waals surface area contributed by atoms with E-state index in [1.807, 2.05) is 0 Å². The predicted octanol–water partition coefficient (Wildman–Crippen LogP) is 2.14. The Bertz CT molecular complexity index is 519. The average Bonchev–Trinajstić information content (AvgIpc) is 2.80. The van der Waals surface area contributed by atoms with Crippen LogP contribution in [0.4, 0.5) is 5.69 Å². The number of anilines is 1. The molecule has 0 bridgehead atoms. The average molecular weight is 233 g/mol. The molecule has 0 aliphatic rings. The zero-order chi connectivity index (χ0) is 12.3. The van der Waals surface area contributed by atoms with Crippen molar-refractivity contribution in [3.8, 4) is 5.75 Å². The van der Waals surface area contributed by atoms with Crippen molar-refractivity contribution in [2.45, 2.75) is 6.61 Å². The van der Waals surface area contributed by atoms with Gasteiger partial charge in [0.15, 0.2) is 0 Å². The smallest absolute Gasteiger partial charge is 0.335 e. The van der Waals surface area contributed by atoms with Gasteiger partial charge in [-0.2, -0.15) is 0 Å². The lowest BCUT2D eigenvalue weighted by atomic mass is 10.2. The summed E-state index contributed by atoms with van der Waals surface area (Å²) >= 11 is 0. The lowest BCUT2D eigenvalue weighted by Gasteiger charge is -2.08. The fourth-order valence-electron chi connectivity index (χ4n) is 1.34. The maximum Gasteiger partial charge on any atom is 0.335 e. The van der Waals surface area contributed by atoms with E-state index in [-0.39, 0.29) is 12.2 Å². The van der Waals surface area contributed by atoms with E-state index in [2.05, 4.69) is 0 Å². The number of carbonyl (C=O) groups is 1. The highest BCUT2D eigenvalue weighted by atomic mass is 16.5. The molecule has 0 unspecified atom stereocenters. The number of carboxylic acids is 1. The minimum atomic E-state index is -1.02. The Labute approximate surface area is 97.4 Å². The van der Waals surface area contributed by atoms with Crippen molar-refractivity contribution in [1.29, 1.82) is 0 Å². The summed E-state index contributed by atoms with van der Waals surface area (Å²) in [6.07, 6.45) is 1.54. The molecule has 17 heavy (non-hydrogen) atoms. The molecular formula is C12H11NO4. The van der Waals surface area contributed by atoms with E-state index in [1.165, 1.54) is 24.5 Å². The summed E-state index contributed by atoms with van der Waals surface area (Å²) in [5, 5.41) is 8.84. The zero-order valence-corrected chi connectivity index (χ0v) is 8.92. The van der Waals surface area contributed by atoms with Gasteiger partial charge in [0.2, 0.25) is 0 Å². The largest absolute Gasteiger partial charge is 0.483 e. The van der Waals surface area contributed by atoms with Crippen LogP contribution in [0, 0.1) is 0 Å². The number of nitrogens with two attached hydrogens (primary N) is 1. The van der Waals surface area contributed by atoms with Gasteiger partial charge in [0, 0.05) is 0 Å². The second kappa shape index (κ2) is 4.61. The number of benzene rings is 1. The second-order valence-electron chi connectivity index (χ2n) is 3.43. The number of hydrogen-bond acceptors (Lipinski definition) is 4. The highest BCUT2D eigenvalue weighted by Gasteiger charge is 2.08. The standard InChI is InChI=1S/C12H11NO4/c13-10-4-3-8(12(14)15)6-11(10)17-7-9-2-1-5-16-9/h1-6H,7,13H2,(H,14,15). The van der Waals surface area contributed by atoms with Crippen LogP contribution in [0.5, 0.6) is 5.75 Å². The van der Waals surface area contributed by atoms with Crippen molar-refractivity contribution >= 4 is 11.7 Å². The highest BCUT2D eigenvalue weighted by Crippen LogP contribution is 2.23. The first-order valence-corrected chi connectivity index (χ1v) is 4.95. The van der Waals surface area contributed by atoms with Gasteiger partial charge in [-0.05, 0) is 30.3 Å². The van der Waals surface area contributed by atoms with Crippen molar-refractivity contribution in [3.63, 3.8) is 0 Å². The maximum absolute atomic E-state index is 10.8. The van der Waals surface area contributed by atoms with Crippen molar-refractivity contribution < 1.29 is 19.1 Å². The summed E-state index contributed by atoms with van der Waals surface area (Å²) < 4.78 is 10.5. The highest BCUT2D eigenvalue weighted by molar-refractivity contribution is 5.89. The zero-order valence-electron chi connectivity index (χ0n) is 8.92. The van der Waals surface area contributed by atoms with Gasteiger partial charge >= 0.3 is 5.97 Å². The van der Waals surface area contributed by atoms with Gasteiger partial charge in [0.05, 0.1) is 17.5 Å². The topological polar surface area (TPSA) is 85.7 Å². The minimum Gasteiger partial charge on any atom is -0.483 e. The molecular weight excluding hydrogens is 222 g/mol. The molecule has 2 rings (SSSR count). The number of aromatic carboxylic acids is 1. The minimum absolute atomic E-state index is 0.133. The fraction of sp³-hybridized carbons (Fsp3) is 0.0833. The van der Waals surface area contributed by atoms with Crippen molar-refractivity contribution in [2.24, 2.45) is 0 Å². The summed E-state index contributed by atoms with van der Waals surface area (Å²) in [6, 6.07) is 7.83. The molecule has 0 aliphatic heterocycles. The van der Waals surface area contributed by atoms with E-state index in [9.17, 15) is 4.79 Å². The summed E-state index contributed by atoms with van der Waals surface area (Å²) in [4.78, 5) is 10.8. The molecule has 0 spiro atoms. The Kier molecular flexibility index (Phi) is 3.00. The first-order valence-electron chi connectivity index (χ1n) is 4.95. The van der Waals surface area contributed by atoms with Crippen LogP contribution in [-0.4, -0.2) is 11.1 Å². The lowest BCUT2D eigenvalue weighted by molar-refractivity contribution is 0.0696. The molecule has 1 aromatic heterocycles. The van der Waals surface area contributed by atoms with Crippen LogP contribution in [0.25, 0.3) is 0 Å². The number of nitrogen functional groups attached to an aromatic ring is 1. The summed E-state index contributed by atoms with van der Waals surface area (Å²) in [6.45, 7) is 0.209. The number of carboxylic acid groups (broad SMARTS) is 1. The van der Waals surface area contributed by atoms with Crippen LogP contribution in [0.3, 0.4) is 0 Å². The Balaban J connectivity index is 2.14. The van der Waals surface area contributed by atoms with Gasteiger partial charge in [-0.3, -0.25) is 0 Å². The molecule has 88 valence electrons. The summed E-state index contributed by atoms with van der Waals surface area (Å²) in [5.41, 5.74) is 6.20. The van der Waals surface area contributed by atoms with E-state index < -0.39 is 5.97 Å². The van der Waals surface area contributed by atoms with Gasteiger partial charge in [-0.15, -0.1) is 0 Å². The van der Waals surface area contributed by atoms with E-state index in [4.69, 9.17) is 20.0 Å². The fourth-order valence-corrected chi connectivity index (χ4v) is 1.34. The molecule has 0 saturated carbocycles. The van der Waals surface area contributed by atoms with E-state index >= 15 is 0 Å². The third-order valence-electron chi connectivity index (χ3n) is 2.21. The van der Waals surface area contributed by atoms with Crippen LogP contribution in [0.15, 0.2) is 41.0 Å². The van der Waals surface area contributed by atoms with Gasteiger partial charge in [0.25, 0.3) is 0 Å². The second-order valence-corrected chi connectivity index (χ2v) is 3.43. The molecule has 0 fully saturated rings. The molecule has 0 atom stereocenters. The van der Waals surface area contributed by atoms with Crippen LogP contribution in [0.2, 0.25) is 0 Å². The maximum atomic E-state index is 10.8. The molecule has 0 aliphatic carbocycles. The van der Waals surface area contributed by atoms with E-state index in [0.717, 1.165) is 0 Å². The molecule has 0 saturated heterocycles. The van der Waals surface area contributed by atoms with Crippen LogP contribution in [-0.2, 0) is 6.61 Å². The molecule has 1 aromatic carbocycles. The quantitative estimate of drug-likeness (QED) is 0.790. The first kappa shape index (κ1) is 11.1. The van der Waals surface area contributed by atoms with Crippen LogP contribution < -0.4 is 10.5 Å². The predicted molar refractivity (Wildman–Crippen MR) is 60.9 cm³/mol. The number of rotatable bonds is 4. The van der Waals surface area contributed by atoms with E-state index in [1.54, 1.807) is 12.1 Å². The number of furan rings is 1. The third kappa shape index (κ3) is 2.57. The Morgan fingerprint density at radius 3 is 2.88 bits per heavy atom. The van der Waals surface area contributed by atoms with Gasteiger partial charge in [-0.25, -0.2) is 4.79 Å². The van der Waals surface area contributed by atoms with Gasteiger partial charge in [0.1, 0.15) is 18.1 Å². The molecule has 5 heteroatoms. The van der Waals surface area contributed by atoms with Gasteiger partial charge < -0.3 is 20.0 Å². The molecule has 0 radical (unpaired) electrons. The van der Waals surface area contributed by atoms with Gasteiger partial charge in [-0.1, -0.05) is 0 Å². The SMILES string of the molecule is Nc1ccc(C(=O)O)cc1OCc1ccco1. The molecule has 1 heterocycles. The summed E-state index contributed by atoms with van der Waals surface area (Å²) in [7, 11) is 0. The first-order chi connectivity index (χ1) is 8.16. The number of ether oxygens (including phenoxy) is 1. The Hall–Kier alpha value is -2.43. The lowest BCUT2D eigenvalue weighted by Crippen LogP contribution is -2.01.